The fourth-order valence-corrected chi connectivity index (χ4v) is 1.78. The Morgan fingerprint density at radius 1 is 1.12 bits per heavy atom. The fraction of sp³-hybridized carbons (Fsp3) is 0.235. The Labute approximate surface area is 140 Å². The summed E-state index contributed by atoms with van der Waals surface area (Å²) in [5, 5.41) is 4.95. The topological polar surface area (TPSA) is 89.5 Å². The molecule has 24 heavy (non-hydrogen) atoms. The molecule has 1 aromatic heterocycles. The average Bonchev–Trinajstić information content (AvgIpc) is 2.57. The summed E-state index contributed by atoms with van der Waals surface area (Å²) in [4.78, 5) is 26.9. The number of ether oxygens (including phenoxy) is 2. The van der Waals surface area contributed by atoms with Crippen molar-refractivity contribution in [1.29, 1.82) is 0 Å². The van der Waals surface area contributed by atoms with Gasteiger partial charge in [-0.3, -0.25) is 4.79 Å². The molecule has 2 aromatic rings. The van der Waals surface area contributed by atoms with Crippen LogP contribution in [0.4, 0.5) is 10.5 Å². The molecule has 1 heterocycles. The van der Waals surface area contributed by atoms with Crippen molar-refractivity contribution in [2.24, 2.45) is 0 Å². The van der Waals surface area contributed by atoms with Crippen molar-refractivity contribution < 1.29 is 19.1 Å². The molecule has 0 saturated carbocycles. The molecule has 1 aromatic carbocycles. The zero-order valence-corrected chi connectivity index (χ0v) is 13.5. The second kappa shape index (κ2) is 8.52. The van der Waals surface area contributed by atoms with E-state index >= 15 is 0 Å². The minimum atomic E-state index is -0.517. The number of aromatic nitrogens is 1. The number of benzene rings is 1. The van der Waals surface area contributed by atoms with Crippen LogP contribution >= 0.6 is 0 Å². The van der Waals surface area contributed by atoms with Crippen molar-refractivity contribution in [2.45, 2.75) is 13.8 Å². The van der Waals surface area contributed by atoms with Crippen molar-refractivity contribution in [2.75, 3.05) is 18.5 Å². The molecule has 0 aliphatic rings. The van der Waals surface area contributed by atoms with Crippen LogP contribution in [0.3, 0.4) is 0 Å². The van der Waals surface area contributed by atoms with E-state index in [0.717, 1.165) is 5.56 Å². The summed E-state index contributed by atoms with van der Waals surface area (Å²) < 4.78 is 10.3. The molecule has 0 bridgehead atoms. The molecule has 7 heteroatoms. The molecule has 0 radical (unpaired) electrons. The third kappa shape index (κ3) is 5.60. The van der Waals surface area contributed by atoms with Crippen molar-refractivity contribution in [1.82, 2.24) is 10.3 Å². The fourth-order valence-electron chi connectivity index (χ4n) is 1.78. The van der Waals surface area contributed by atoms with Gasteiger partial charge in [-0.2, -0.15) is 0 Å². The normalized spacial score (nSPS) is 9.92. The monoisotopic (exact) mass is 329 g/mol. The van der Waals surface area contributed by atoms with Gasteiger partial charge in [0.15, 0.2) is 0 Å². The number of hydrogen-bond acceptors (Lipinski definition) is 5. The second-order valence-electron chi connectivity index (χ2n) is 4.91. The number of pyridine rings is 1. The van der Waals surface area contributed by atoms with Crippen LogP contribution in [0, 0.1) is 6.92 Å². The molecule has 0 aliphatic carbocycles. The molecule has 2 amide bonds. The predicted molar refractivity (Wildman–Crippen MR) is 89.1 cm³/mol. The van der Waals surface area contributed by atoms with Crippen LogP contribution in [0.15, 0.2) is 42.6 Å². The zero-order chi connectivity index (χ0) is 17.4. The number of esters is 1. The first-order valence-corrected chi connectivity index (χ1v) is 7.48. The van der Waals surface area contributed by atoms with E-state index in [1.807, 2.05) is 31.2 Å². The van der Waals surface area contributed by atoms with Crippen LogP contribution in [0.25, 0.3) is 0 Å². The van der Waals surface area contributed by atoms with Crippen LogP contribution in [0.5, 0.6) is 11.6 Å². The highest BCUT2D eigenvalue weighted by atomic mass is 16.5. The number of rotatable bonds is 6. The molecule has 0 atom stereocenters. The molecular formula is C17H19N3O4. The number of hydrogen-bond donors (Lipinski definition) is 2. The Morgan fingerprint density at radius 2 is 1.88 bits per heavy atom. The summed E-state index contributed by atoms with van der Waals surface area (Å²) in [6.07, 6.45) is 1.47. The number of nitrogens with zero attached hydrogens (tertiary/aromatic N) is 1. The van der Waals surface area contributed by atoms with E-state index in [2.05, 4.69) is 15.6 Å². The van der Waals surface area contributed by atoms with Crippen molar-refractivity contribution >= 4 is 17.7 Å². The lowest BCUT2D eigenvalue weighted by atomic mass is 10.2. The van der Waals surface area contributed by atoms with Crippen LogP contribution in [0.1, 0.15) is 12.5 Å². The third-order valence-electron chi connectivity index (χ3n) is 2.94. The minimum absolute atomic E-state index is 0.193. The molecular weight excluding hydrogens is 310 g/mol. The SMILES string of the molecule is CCOC(=O)CNC(=O)Nc1ccc(Oc2ccc(C)cc2)nc1. The lowest BCUT2D eigenvalue weighted by Crippen LogP contribution is -2.34. The number of nitrogens with one attached hydrogen (secondary N) is 2. The lowest BCUT2D eigenvalue weighted by Gasteiger charge is -2.08. The average molecular weight is 329 g/mol. The van der Waals surface area contributed by atoms with Crippen molar-refractivity contribution in [3.8, 4) is 11.6 Å². The zero-order valence-electron chi connectivity index (χ0n) is 13.5. The van der Waals surface area contributed by atoms with Crippen molar-refractivity contribution in [3.05, 3.63) is 48.2 Å². The summed E-state index contributed by atoms with van der Waals surface area (Å²) in [7, 11) is 0. The second-order valence-corrected chi connectivity index (χ2v) is 4.91. The van der Waals surface area contributed by atoms with Gasteiger partial charge in [0.2, 0.25) is 5.88 Å². The van der Waals surface area contributed by atoms with Gasteiger partial charge >= 0.3 is 12.0 Å². The molecule has 2 N–H and O–H groups in total. The number of carbonyl (C=O) groups excluding carboxylic acids is 2. The molecule has 2 rings (SSSR count). The molecule has 7 nitrogen and oxygen atoms in total. The van der Waals surface area contributed by atoms with E-state index in [-0.39, 0.29) is 13.2 Å². The molecule has 126 valence electrons. The molecule has 0 spiro atoms. The largest absolute Gasteiger partial charge is 0.465 e. The maximum Gasteiger partial charge on any atom is 0.325 e. The number of urea groups is 1. The van der Waals surface area contributed by atoms with E-state index in [9.17, 15) is 9.59 Å². The van der Waals surface area contributed by atoms with Crippen LogP contribution < -0.4 is 15.4 Å². The Hall–Kier alpha value is -3.09. The smallest absolute Gasteiger partial charge is 0.325 e. The molecule has 0 unspecified atom stereocenters. The Bertz CT molecular complexity index is 684. The molecule has 0 aliphatic heterocycles. The predicted octanol–water partition coefficient (Wildman–Crippen LogP) is 2.87. The number of aryl methyl sites for hydroxylation is 1. The van der Waals surface area contributed by atoms with Crippen molar-refractivity contribution in [3.63, 3.8) is 0 Å². The first-order chi connectivity index (χ1) is 11.6. The van der Waals surface area contributed by atoms with Gasteiger partial charge in [0.05, 0.1) is 18.5 Å². The highest BCUT2D eigenvalue weighted by molar-refractivity contribution is 5.91. The van der Waals surface area contributed by atoms with Gasteiger partial charge in [-0.05, 0) is 32.0 Å². The summed E-state index contributed by atoms with van der Waals surface area (Å²) in [5.74, 6) is 0.602. The van der Waals surface area contributed by atoms with Gasteiger partial charge < -0.3 is 20.1 Å². The number of carbonyl (C=O) groups is 2. The number of anilines is 1. The van der Waals surface area contributed by atoms with Gasteiger partial charge in [-0.15, -0.1) is 0 Å². The van der Waals surface area contributed by atoms with Crippen LogP contribution in [0.2, 0.25) is 0 Å². The first-order valence-electron chi connectivity index (χ1n) is 7.48. The van der Waals surface area contributed by atoms with E-state index in [1.165, 1.54) is 6.20 Å². The summed E-state index contributed by atoms with van der Waals surface area (Å²) >= 11 is 0. The summed E-state index contributed by atoms with van der Waals surface area (Å²) in [6.45, 7) is 3.77. The Morgan fingerprint density at radius 3 is 2.50 bits per heavy atom. The maximum atomic E-state index is 11.6. The highest BCUT2D eigenvalue weighted by Crippen LogP contribution is 2.20. The maximum absolute atomic E-state index is 11.6. The van der Waals surface area contributed by atoms with E-state index in [0.29, 0.717) is 17.3 Å². The Balaban J connectivity index is 1.84. The van der Waals surface area contributed by atoms with Crippen LogP contribution in [-0.4, -0.2) is 30.1 Å². The van der Waals surface area contributed by atoms with E-state index in [1.54, 1.807) is 19.1 Å². The number of amides is 2. The minimum Gasteiger partial charge on any atom is -0.465 e. The molecule has 0 fully saturated rings. The van der Waals surface area contributed by atoms with Gasteiger partial charge in [0.1, 0.15) is 12.3 Å². The summed E-state index contributed by atoms with van der Waals surface area (Å²) in [5.41, 5.74) is 1.62. The standard InChI is InChI=1S/C17H19N3O4/c1-3-23-16(21)11-19-17(22)20-13-6-9-15(18-10-13)24-14-7-4-12(2)5-8-14/h4-10H,3,11H2,1-2H3,(H2,19,20,22). The summed E-state index contributed by atoms with van der Waals surface area (Å²) in [6, 6.07) is 10.4. The van der Waals surface area contributed by atoms with E-state index in [4.69, 9.17) is 9.47 Å². The van der Waals surface area contributed by atoms with Gasteiger partial charge in [0.25, 0.3) is 0 Å². The lowest BCUT2D eigenvalue weighted by molar-refractivity contribution is -0.141. The van der Waals surface area contributed by atoms with Gasteiger partial charge in [-0.1, -0.05) is 17.7 Å². The molecule has 0 saturated heterocycles. The Kier molecular flexibility index (Phi) is 6.13. The van der Waals surface area contributed by atoms with Gasteiger partial charge in [0, 0.05) is 6.07 Å². The van der Waals surface area contributed by atoms with Crippen LogP contribution in [-0.2, 0) is 9.53 Å². The van der Waals surface area contributed by atoms with Gasteiger partial charge in [-0.25, -0.2) is 9.78 Å². The quantitative estimate of drug-likeness (QED) is 0.795. The first kappa shape index (κ1) is 17.3. The highest BCUT2D eigenvalue weighted by Gasteiger charge is 2.06. The van der Waals surface area contributed by atoms with E-state index < -0.39 is 12.0 Å². The third-order valence-corrected chi connectivity index (χ3v) is 2.94.